The van der Waals surface area contributed by atoms with Crippen LogP contribution in [0.25, 0.3) is 0 Å². The van der Waals surface area contributed by atoms with E-state index < -0.39 is 0 Å². The van der Waals surface area contributed by atoms with Crippen LogP contribution in [0.1, 0.15) is 45.6 Å². The van der Waals surface area contributed by atoms with E-state index in [0.717, 1.165) is 18.9 Å². The molecule has 0 spiro atoms. The number of anilines is 1. The molecular weight excluding hydrogens is 258 g/mol. The standard InChI is InChI=1S/C18H27N3/c1-4-15(3)12-17(5-2)20-18-9-6-8-16(13-18)14-21-11-7-10-19-21/h6-11,13,15,17,20H,4-5,12,14H2,1-3H3. The minimum Gasteiger partial charge on any atom is -0.382 e. The van der Waals surface area contributed by atoms with Gasteiger partial charge in [0, 0.05) is 24.1 Å². The second-order valence-corrected chi connectivity index (χ2v) is 5.90. The van der Waals surface area contributed by atoms with E-state index in [1.54, 1.807) is 0 Å². The van der Waals surface area contributed by atoms with Crippen LogP contribution in [0.2, 0.25) is 0 Å². The lowest BCUT2D eigenvalue weighted by Crippen LogP contribution is -2.21. The summed E-state index contributed by atoms with van der Waals surface area (Å²) >= 11 is 0. The third kappa shape index (κ3) is 4.92. The van der Waals surface area contributed by atoms with Crippen LogP contribution in [0.5, 0.6) is 0 Å². The van der Waals surface area contributed by atoms with E-state index in [4.69, 9.17) is 0 Å². The zero-order valence-electron chi connectivity index (χ0n) is 13.4. The number of hydrogen-bond acceptors (Lipinski definition) is 2. The molecule has 21 heavy (non-hydrogen) atoms. The van der Waals surface area contributed by atoms with Crippen LogP contribution in [0.15, 0.2) is 42.7 Å². The highest BCUT2D eigenvalue weighted by molar-refractivity contribution is 5.46. The third-order valence-electron chi connectivity index (χ3n) is 4.08. The van der Waals surface area contributed by atoms with E-state index >= 15 is 0 Å². The molecule has 0 fully saturated rings. The summed E-state index contributed by atoms with van der Waals surface area (Å²) in [6.07, 6.45) is 7.46. The zero-order valence-corrected chi connectivity index (χ0v) is 13.4. The van der Waals surface area contributed by atoms with Crippen molar-refractivity contribution >= 4 is 5.69 Å². The summed E-state index contributed by atoms with van der Waals surface area (Å²) in [5.41, 5.74) is 2.50. The first kappa shape index (κ1) is 15.6. The predicted octanol–water partition coefficient (Wildman–Crippen LogP) is 4.56. The van der Waals surface area contributed by atoms with Crippen molar-refractivity contribution in [2.75, 3.05) is 5.32 Å². The van der Waals surface area contributed by atoms with Crippen molar-refractivity contribution in [2.45, 2.75) is 52.6 Å². The van der Waals surface area contributed by atoms with Gasteiger partial charge in [-0.15, -0.1) is 0 Å². The Morgan fingerprint density at radius 3 is 2.71 bits per heavy atom. The first-order valence-electron chi connectivity index (χ1n) is 8.04. The van der Waals surface area contributed by atoms with Crippen molar-refractivity contribution in [1.29, 1.82) is 0 Å². The molecule has 1 aromatic heterocycles. The van der Waals surface area contributed by atoms with Crippen LogP contribution >= 0.6 is 0 Å². The van der Waals surface area contributed by atoms with Crippen molar-refractivity contribution in [3.8, 4) is 0 Å². The van der Waals surface area contributed by atoms with Crippen molar-refractivity contribution < 1.29 is 0 Å². The lowest BCUT2D eigenvalue weighted by Gasteiger charge is -2.21. The van der Waals surface area contributed by atoms with Gasteiger partial charge in [0.05, 0.1) is 6.54 Å². The molecule has 2 rings (SSSR count). The molecule has 1 N–H and O–H groups in total. The Bertz CT molecular complexity index is 519. The highest BCUT2D eigenvalue weighted by atomic mass is 15.3. The maximum atomic E-state index is 4.27. The predicted molar refractivity (Wildman–Crippen MR) is 89.5 cm³/mol. The average Bonchev–Trinajstić information content (AvgIpc) is 2.99. The van der Waals surface area contributed by atoms with E-state index in [-0.39, 0.29) is 0 Å². The van der Waals surface area contributed by atoms with Crippen molar-refractivity contribution in [2.24, 2.45) is 5.92 Å². The zero-order chi connectivity index (χ0) is 15.1. The van der Waals surface area contributed by atoms with Crippen LogP contribution in [-0.2, 0) is 6.54 Å². The second kappa shape index (κ2) is 7.87. The Morgan fingerprint density at radius 2 is 2.05 bits per heavy atom. The summed E-state index contributed by atoms with van der Waals surface area (Å²) in [7, 11) is 0. The number of nitrogens with one attached hydrogen (secondary N) is 1. The quantitative estimate of drug-likeness (QED) is 0.770. The van der Waals surface area contributed by atoms with Crippen LogP contribution in [0.3, 0.4) is 0 Å². The fourth-order valence-corrected chi connectivity index (χ4v) is 2.56. The average molecular weight is 285 g/mol. The van der Waals surface area contributed by atoms with Gasteiger partial charge in [-0.3, -0.25) is 4.68 Å². The first-order chi connectivity index (χ1) is 10.2. The Hall–Kier alpha value is -1.77. The molecule has 2 unspecified atom stereocenters. The Kier molecular flexibility index (Phi) is 5.85. The van der Waals surface area contributed by atoms with Crippen LogP contribution in [0.4, 0.5) is 5.69 Å². The Balaban J connectivity index is 1.99. The fourth-order valence-electron chi connectivity index (χ4n) is 2.56. The van der Waals surface area contributed by atoms with Gasteiger partial charge in [0.15, 0.2) is 0 Å². The van der Waals surface area contributed by atoms with Crippen molar-refractivity contribution in [3.05, 3.63) is 48.3 Å². The molecule has 2 atom stereocenters. The topological polar surface area (TPSA) is 29.9 Å². The van der Waals surface area contributed by atoms with Gasteiger partial charge in [-0.25, -0.2) is 0 Å². The molecule has 2 aromatic rings. The Labute approximate surface area is 128 Å². The highest BCUT2D eigenvalue weighted by Gasteiger charge is 2.10. The van der Waals surface area contributed by atoms with Gasteiger partial charge in [-0.2, -0.15) is 5.10 Å². The van der Waals surface area contributed by atoms with E-state index in [2.05, 4.69) is 55.5 Å². The van der Waals surface area contributed by atoms with Gasteiger partial charge in [-0.1, -0.05) is 39.3 Å². The molecule has 0 saturated carbocycles. The van der Waals surface area contributed by atoms with Crippen molar-refractivity contribution in [1.82, 2.24) is 9.78 Å². The van der Waals surface area contributed by atoms with Crippen LogP contribution < -0.4 is 5.32 Å². The van der Waals surface area contributed by atoms with Gasteiger partial charge in [0.2, 0.25) is 0 Å². The molecule has 0 radical (unpaired) electrons. The van der Waals surface area contributed by atoms with Gasteiger partial charge in [0.25, 0.3) is 0 Å². The van der Waals surface area contributed by atoms with Gasteiger partial charge in [-0.05, 0) is 42.5 Å². The summed E-state index contributed by atoms with van der Waals surface area (Å²) in [6, 6.07) is 11.2. The molecule has 3 heteroatoms. The lowest BCUT2D eigenvalue weighted by molar-refractivity contribution is 0.462. The minimum atomic E-state index is 0.555. The van der Waals surface area contributed by atoms with Gasteiger partial charge < -0.3 is 5.32 Å². The summed E-state index contributed by atoms with van der Waals surface area (Å²) in [4.78, 5) is 0. The molecule has 114 valence electrons. The highest BCUT2D eigenvalue weighted by Crippen LogP contribution is 2.18. The molecule has 3 nitrogen and oxygen atoms in total. The van der Waals surface area contributed by atoms with E-state index in [1.165, 1.54) is 24.1 Å². The number of rotatable bonds is 8. The maximum absolute atomic E-state index is 4.27. The van der Waals surface area contributed by atoms with Gasteiger partial charge >= 0.3 is 0 Å². The largest absolute Gasteiger partial charge is 0.382 e. The molecule has 0 aliphatic rings. The second-order valence-electron chi connectivity index (χ2n) is 5.90. The van der Waals surface area contributed by atoms with E-state index in [9.17, 15) is 0 Å². The van der Waals surface area contributed by atoms with Crippen LogP contribution in [-0.4, -0.2) is 15.8 Å². The molecule has 0 amide bonds. The maximum Gasteiger partial charge on any atom is 0.0660 e. The number of nitrogens with zero attached hydrogens (tertiary/aromatic N) is 2. The van der Waals surface area contributed by atoms with Crippen molar-refractivity contribution in [3.63, 3.8) is 0 Å². The van der Waals surface area contributed by atoms with Gasteiger partial charge in [0.1, 0.15) is 0 Å². The molecule has 0 bridgehead atoms. The first-order valence-corrected chi connectivity index (χ1v) is 8.04. The number of aromatic nitrogens is 2. The molecule has 1 heterocycles. The fraction of sp³-hybridized carbons (Fsp3) is 0.500. The summed E-state index contributed by atoms with van der Waals surface area (Å²) in [5, 5.41) is 7.95. The number of benzene rings is 1. The summed E-state index contributed by atoms with van der Waals surface area (Å²) in [6.45, 7) is 7.68. The normalized spacial score (nSPS) is 13.9. The molecule has 0 aliphatic carbocycles. The monoisotopic (exact) mass is 285 g/mol. The molecule has 0 saturated heterocycles. The molecular formula is C18H27N3. The minimum absolute atomic E-state index is 0.555. The lowest BCUT2D eigenvalue weighted by atomic mass is 9.97. The smallest absolute Gasteiger partial charge is 0.0660 e. The Morgan fingerprint density at radius 1 is 1.19 bits per heavy atom. The molecule has 1 aromatic carbocycles. The van der Waals surface area contributed by atoms with E-state index in [0.29, 0.717) is 6.04 Å². The third-order valence-corrected chi connectivity index (χ3v) is 4.08. The SMILES string of the molecule is CCC(C)CC(CC)Nc1cccc(Cn2cccn2)c1. The van der Waals surface area contributed by atoms with E-state index in [1.807, 2.05) is 23.1 Å². The number of hydrogen-bond donors (Lipinski definition) is 1. The van der Waals surface area contributed by atoms with Crippen LogP contribution in [0, 0.1) is 5.92 Å². The molecule has 0 aliphatic heterocycles. The summed E-state index contributed by atoms with van der Waals surface area (Å²) < 4.78 is 1.95. The summed E-state index contributed by atoms with van der Waals surface area (Å²) in [5.74, 6) is 0.773.